The molecule has 3 aromatic heterocycles. The zero-order chi connectivity index (χ0) is 16.7. The number of pyridine rings is 1. The lowest BCUT2D eigenvalue weighted by Crippen LogP contribution is -2.35. The molecule has 7 nitrogen and oxygen atoms in total. The van der Waals surface area contributed by atoms with Crippen LogP contribution in [0.5, 0.6) is 5.75 Å². The van der Waals surface area contributed by atoms with E-state index in [0.717, 1.165) is 11.3 Å². The molecule has 0 bridgehead atoms. The lowest BCUT2D eigenvalue weighted by Gasteiger charge is -2.06. The van der Waals surface area contributed by atoms with E-state index in [2.05, 4.69) is 10.1 Å². The van der Waals surface area contributed by atoms with Crippen LogP contribution < -0.4 is 16.0 Å². The van der Waals surface area contributed by atoms with Gasteiger partial charge in [-0.2, -0.15) is 0 Å². The monoisotopic (exact) mass is 322 g/mol. The fourth-order valence-electron chi connectivity index (χ4n) is 2.75. The highest BCUT2D eigenvalue weighted by Crippen LogP contribution is 2.14. The zero-order valence-electron chi connectivity index (χ0n) is 12.9. The van der Waals surface area contributed by atoms with Gasteiger partial charge in [-0.3, -0.25) is 14.3 Å². The van der Waals surface area contributed by atoms with Crippen molar-refractivity contribution < 1.29 is 4.74 Å². The third-order valence-corrected chi connectivity index (χ3v) is 3.97. The van der Waals surface area contributed by atoms with Crippen LogP contribution in [0.15, 0.2) is 58.3 Å². The van der Waals surface area contributed by atoms with Gasteiger partial charge in [0, 0.05) is 6.20 Å². The first kappa shape index (κ1) is 14.3. The number of ether oxygens (including phenoxy) is 1. The summed E-state index contributed by atoms with van der Waals surface area (Å²) in [5, 5.41) is 4.65. The molecule has 0 aliphatic carbocycles. The maximum absolute atomic E-state index is 12.8. The molecule has 0 radical (unpaired) electrons. The fraction of sp³-hybridized carbons (Fsp3) is 0.118. The number of methoxy groups -OCH3 is 1. The maximum Gasteiger partial charge on any atom is 0.330 e. The van der Waals surface area contributed by atoms with Gasteiger partial charge in [-0.25, -0.2) is 9.31 Å². The minimum absolute atomic E-state index is 0.179. The Morgan fingerprint density at radius 3 is 2.67 bits per heavy atom. The molecule has 0 fully saturated rings. The minimum atomic E-state index is -0.480. The first-order valence-electron chi connectivity index (χ1n) is 7.40. The van der Waals surface area contributed by atoms with Crippen LogP contribution in [0.1, 0.15) is 5.56 Å². The van der Waals surface area contributed by atoms with Crippen molar-refractivity contribution in [1.29, 1.82) is 0 Å². The average Bonchev–Trinajstić information content (AvgIpc) is 2.97. The Morgan fingerprint density at radius 2 is 1.92 bits per heavy atom. The molecule has 24 heavy (non-hydrogen) atoms. The van der Waals surface area contributed by atoms with E-state index in [1.807, 2.05) is 24.3 Å². The summed E-state index contributed by atoms with van der Waals surface area (Å²) < 4.78 is 7.88. The molecular formula is C17H14N4O3. The molecule has 7 heteroatoms. The van der Waals surface area contributed by atoms with Crippen LogP contribution in [0, 0.1) is 0 Å². The van der Waals surface area contributed by atoms with E-state index in [0.29, 0.717) is 16.6 Å². The second-order valence-corrected chi connectivity index (χ2v) is 5.42. The van der Waals surface area contributed by atoms with Crippen molar-refractivity contribution in [2.75, 3.05) is 7.11 Å². The standard InChI is InChI=1S/C17H14N4O3/c1-24-12-7-5-11(6-8-12)10-20-16(22)14-13-4-2-3-9-21(13)19-15(14)18-17(20)23/h2-9H,10H2,1H3,(H,18,19,23). The van der Waals surface area contributed by atoms with Crippen molar-refractivity contribution in [1.82, 2.24) is 19.2 Å². The summed E-state index contributed by atoms with van der Waals surface area (Å²) in [6.07, 6.45) is 1.74. The molecule has 0 aliphatic heterocycles. The van der Waals surface area contributed by atoms with Crippen LogP contribution in [-0.4, -0.2) is 26.3 Å². The Balaban J connectivity index is 1.89. The summed E-state index contributed by atoms with van der Waals surface area (Å²) in [6, 6.07) is 12.7. The predicted molar refractivity (Wildman–Crippen MR) is 89.7 cm³/mol. The lowest BCUT2D eigenvalue weighted by atomic mass is 10.2. The number of nitrogens with zero attached hydrogens (tertiary/aromatic N) is 3. The second kappa shape index (κ2) is 5.38. The van der Waals surface area contributed by atoms with E-state index in [1.165, 1.54) is 4.57 Å². The van der Waals surface area contributed by atoms with E-state index < -0.39 is 5.69 Å². The van der Waals surface area contributed by atoms with E-state index in [1.54, 1.807) is 36.0 Å². The molecule has 0 saturated carbocycles. The van der Waals surface area contributed by atoms with Gasteiger partial charge < -0.3 is 4.74 Å². The van der Waals surface area contributed by atoms with Crippen molar-refractivity contribution in [3.05, 3.63) is 75.1 Å². The van der Waals surface area contributed by atoms with Crippen molar-refractivity contribution in [2.24, 2.45) is 0 Å². The number of hydrogen-bond acceptors (Lipinski definition) is 4. The van der Waals surface area contributed by atoms with Crippen molar-refractivity contribution in [3.8, 4) is 5.75 Å². The highest BCUT2D eigenvalue weighted by atomic mass is 16.5. The molecule has 0 atom stereocenters. The topological polar surface area (TPSA) is 81.4 Å². The van der Waals surface area contributed by atoms with Gasteiger partial charge in [0.05, 0.1) is 19.2 Å². The van der Waals surface area contributed by atoms with Crippen LogP contribution >= 0.6 is 0 Å². The summed E-state index contributed by atoms with van der Waals surface area (Å²) in [5.74, 6) is 0.720. The Hall–Kier alpha value is -3.35. The molecule has 0 unspecified atom stereocenters. The van der Waals surface area contributed by atoms with Gasteiger partial charge in [0.15, 0.2) is 5.65 Å². The van der Waals surface area contributed by atoms with Gasteiger partial charge >= 0.3 is 5.69 Å². The first-order valence-corrected chi connectivity index (χ1v) is 7.40. The molecule has 0 spiro atoms. The molecule has 4 rings (SSSR count). The molecular weight excluding hydrogens is 308 g/mol. The number of H-pyrrole nitrogens is 1. The molecule has 1 aromatic carbocycles. The van der Waals surface area contributed by atoms with Crippen LogP contribution in [0.4, 0.5) is 0 Å². The minimum Gasteiger partial charge on any atom is -0.497 e. The fourth-order valence-corrected chi connectivity index (χ4v) is 2.75. The third-order valence-electron chi connectivity index (χ3n) is 3.97. The lowest BCUT2D eigenvalue weighted by molar-refractivity contribution is 0.414. The number of nitrogens with one attached hydrogen (secondary N) is 1. The van der Waals surface area contributed by atoms with E-state index in [4.69, 9.17) is 4.74 Å². The summed E-state index contributed by atoms with van der Waals surface area (Å²) in [5.41, 5.74) is 0.955. The van der Waals surface area contributed by atoms with Crippen molar-refractivity contribution in [3.63, 3.8) is 0 Å². The summed E-state index contributed by atoms with van der Waals surface area (Å²) in [6.45, 7) is 0.179. The third kappa shape index (κ3) is 2.18. The van der Waals surface area contributed by atoms with E-state index in [-0.39, 0.29) is 12.1 Å². The van der Waals surface area contributed by atoms with Gasteiger partial charge in [0.1, 0.15) is 11.1 Å². The van der Waals surface area contributed by atoms with Gasteiger partial charge in [-0.1, -0.05) is 18.2 Å². The number of hydrogen-bond donors (Lipinski definition) is 1. The van der Waals surface area contributed by atoms with Gasteiger partial charge in [-0.15, -0.1) is 5.10 Å². The Labute approximate surface area is 135 Å². The molecule has 4 aromatic rings. The number of fused-ring (bicyclic) bond motifs is 3. The number of rotatable bonds is 3. The highest BCUT2D eigenvalue weighted by Gasteiger charge is 2.14. The Bertz CT molecular complexity index is 1150. The molecule has 3 heterocycles. The summed E-state index contributed by atoms with van der Waals surface area (Å²) in [4.78, 5) is 27.8. The van der Waals surface area contributed by atoms with Crippen molar-refractivity contribution in [2.45, 2.75) is 6.54 Å². The smallest absolute Gasteiger partial charge is 0.330 e. The SMILES string of the molecule is COc1ccc(Cn2c(=O)[nH]c3nn4ccccc4c3c2=O)cc1. The van der Waals surface area contributed by atoms with Crippen molar-refractivity contribution >= 4 is 16.6 Å². The molecule has 0 amide bonds. The van der Waals surface area contributed by atoms with Gasteiger partial charge in [0.25, 0.3) is 5.56 Å². The zero-order valence-corrected chi connectivity index (χ0v) is 12.9. The molecule has 0 saturated heterocycles. The normalized spacial score (nSPS) is 11.2. The van der Waals surface area contributed by atoms with Crippen LogP contribution in [0.2, 0.25) is 0 Å². The van der Waals surface area contributed by atoms with E-state index in [9.17, 15) is 9.59 Å². The molecule has 0 aliphatic rings. The van der Waals surface area contributed by atoms with Crippen LogP contribution in [0.3, 0.4) is 0 Å². The van der Waals surface area contributed by atoms with Crippen LogP contribution in [0.25, 0.3) is 16.6 Å². The maximum atomic E-state index is 12.8. The largest absolute Gasteiger partial charge is 0.497 e. The predicted octanol–water partition coefficient (Wildman–Crippen LogP) is 1.39. The summed E-state index contributed by atoms with van der Waals surface area (Å²) in [7, 11) is 1.59. The number of aromatic amines is 1. The van der Waals surface area contributed by atoms with E-state index >= 15 is 0 Å². The first-order chi connectivity index (χ1) is 11.7. The highest BCUT2D eigenvalue weighted by molar-refractivity contribution is 5.90. The van der Waals surface area contributed by atoms with Crippen LogP contribution in [-0.2, 0) is 6.54 Å². The number of benzene rings is 1. The van der Waals surface area contributed by atoms with Gasteiger partial charge in [0.2, 0.25) is 0 Å². The molecule has 1 N–H and O–H groups in total. The number of aromatic nitrogens is 4. The summed E-state index contributed by atoms with van der Waals surface area (Å²) >= 11 is 0. The quantitative estimate of drug-likeness (QED) is 0.618. The molecule has 120 valence electrons. The second-order valence-electron chi connectivity index (χ2n) is 5.42. The Morgan fingerprint density at radius 1 is 1.12 bits per heavy atom. The Kier molecular flexibility index (Phi) is 3.19. The average molecular weight is 322 g/mol. The van der Waals surface area contributed by atoms with Gasteiger partial charge in [-0.05, 0) is 29.8 Å².